The zero-order valence-corrected chi connectivity index (χ0v) is 19.8. The highest BCUT2D eigenvalue weighted by atomic mass is 16.3. The summed E-state index contributed by atoms with van der Waals surface area (Å²) in [5.74, 6) is 0.490. The largest absolute Gasteiger partial charge is 0.507 e. The molecular formula is C28H28N4O2. The summed E-state index contributed by atoms with van der Waals surface area (Å²) in [6.07, 6.45) is 3.51. The van der Waals surface area contributed by atoms with Gasteiger partial charge in [-0.05, 0) is 59.7 Å². The van der Waals surface area contributed by atoms with Gasteiger partial charge in [-0.25, -0.2) is 0 Å². The molecule has 3 heterocycles. The molecule has 2 aromatic heterocycles. The molecule has 0 saturated carbocycles. The molecule has 0 bridgehead atoms. The first-order valence-electron chi connectivity index (χ1n) is 11.5. The first kappa shape index (κ1) is 21.9. The molecule has 34 heavy (non-hydrogen) atoms. The van der Waals surface area contributed by atoms with Crippen LogP contribution in [0.1, 0.15) is 69.7 Å². The van der Waals surface area contributed by atoms with E-state index in [1.807, 2.05) is 43.0 Å². The first-order chi connectivity index (χ1) is 16.3. The van der Waals surface area contributed by atoms with Gasteiger partial charge >= 0.3 is 0 Å². The van der Waals surface area contributed by atoms with Gasteiger partial charge in [0.2, 0.25) is 0 Å². The summed E-state index contributed by atoms with van der Waals surface area (Å²) in [7, 11) is 0. The van der Waals surface area contributed by atoms with Crippen LogP contribution in [0.3, 0.4) is 0 Å². The molecule has 6 nitrogen and oxygen atoms in total. The van der Waals surface area contributed by atoms with Crippen molar-refractivity contribution in [1.29, 1.82) is 0 Å². The fourth-order valence-corrected chi connectivity index (χ4v) is 4.80. The number of nitrogens with one attached hydrogen (secondary N) is 1. The Morgan fingerprint density at radius 1 is 1.12 bits per heavy atom. The fourth-order valence-electron chi connectivity index (χ4n) is 4.80. The minimum Gasteiger partial charge on any atom is -0.507 e. The molecular weight excluding hydrogens is 424 g/mol. The molecule has 1 aliphatic heterocycles. The Morgan fingerprint density at radius 3 is 2.56 bits per heavy atom. The van der Waals surface area contributed by atoms with Crippen molar-refractivity contribution in [3.8, 4) is 17.0 Å². The van der Waals surface area contributed by atoms with E-state index in [-0.39, 0.29) is 17.7 Å². The van der Waals surface area contributed by atoms with Gasteiger partial charge in [-0.3, -0.25) is 14.9 Å². The van der Waals surface area contributed by atoms with E-state index in [0.717, 1.165) is 27.8 Å². The number of pyridine rings is 1. The average Bonchev–Trinajstić information content (AvgIpc) is 3.36. The van der Waals surface area contributed by atoms with E-state index >= 15 is 0 Å². The number of aryl methyl sites for hydroxylation is 2. The van der Waals surface area contributed by atoms with Gasteiger partial charge in [0, 0.05) is 30.1 Å². The number of aromatic hydroxyl groups is 1. The van der Waals surface area contributed by atoms with Crippen LogP contribution in [0.5, 0.6) is 5.75 Å². The van der Waals surface area contributed by atoms with Gasteiger partial charge in [-0.15, -0.1) is 0 Å². The number of aromatic nitrogens is 3. The Labute approximate surface area is 199 Å². The molecule has 1 aliphatic rings. The third-order valence-electron chi connectivity index (χ3n) is 6.56. The Hall–Kier alpha value is -3.93. The summed E-state index contributed by atoms with van der Waals surface area (Å²) in [4.78, 5) is 19.7. The van der Waals surface area contributed by atoms with E-state index in [0.29, 0.717) is 29.4 Å². The Kier molecular flexibility index (Phi) is 5.44. The normalized spacial score (nSPS) is 15.3. The number of hydrogen-bond acceptors (Lipinski definition) is 4. The number of carbonyl (C=O) groups is 1. The van der Waals surface area contributed by atoms with E-state index in [1.165, 1.54) is 5.56 Å². The maximum absolute atomic E-state index is 13.6. The molecule has 4 aromatic rings. The van der Waals surface area contributed by atoms with Crippen LogP contribution in [0.2, 0.25) is 0 Å². The third-order valence-corrected chi connectivity index (χ3v) is 6.56. The number of phenols is 1. The van der Waals surface area contributed by atoms with Crippen molar-refractivity contribution < 1.29 is 9.90 Å². The summed E-state index contributed by atoms with van der Waals surface area (Å²) in [6, 6.07) is 15.8. The second-order valence-electron chi connectivity index (χ2n) is 9.36. The van der Waals surface area contributed by atoms with Crippen molar-refractivity contribution >= 4 is 5.91 Å². The summed E-state index contributed by atoms with van der Waals surface area (Å²) < 4.78 is 0. The van der Waals surface area contributed by atoms with Crippen molar-refractivity contribution in [2.75, 3.05) is 0 Å². The van der Waals surface area contributed by atoms with Crippen LogP contribution in [0, 0.1) is 13.8 Å². The molecule has 0 radical (unpaired) electrons. The summed E-state index contributed by atoms with van der Waals surface area (Å²) in [6.45, 7) is 8.62. The highest BCUT2D eigenvalue weighted by Crippen LogP contribution is 2.45. The molecule has 2 N–H and O–H groups in total. The molecule has 0 unspecified atom stereocenters. The predicted octanol–water partition coefficient (Wildman–Crippen LogP) is 5.66. The SMILES string of the molecule is Cc1cc(C)c(O)c(-c2n[nH]c3c2[C@H](c2ccc(C(C)C)cc2)N(Cc2cccnc2)C3=O)c1. The maximum Gasteiger partial charge on any atom is 0.273 e. The molecule has 6 heteroatoms. The zero-order valence-electron chi connectivity index (χ0n) is 19.8. The van der Waals surface area contributed by atoms with Gasteiger partial charge in [0.1, 0.15) is 17.1 Å². The molecule has 2 aromatic carbocycles. The molecule has 0 aliphatic carbocycles. The number of benzene rings is 2. The maximum atomic E-state index is 13.6. The van der Waals surface area contributed by atoms with E-state index < -0.39 is 0 Å². The quantitative estimate of drug-likeness (QED) is 0.409. The Morgan fingerprint density at radius 2 is 1.88 bits per heavy atom. The van der Waals surface area contributed by atoms with E-state index in [9.17, 15) is 9.90 Å². The number of fused-ring (bicyclic) bond motifs is 1. The fraction of sp³-hybridized carbons (Fsp3) is 0.250. The monoisotopic (exact) mass is 452 g/mol. The van der Waals surface area contributed by atoms with Crippen molar-refractivity contribution in [2.24, 2.45) is 0 Å². The number of hydrogen-bond donors (Lipinski definition) is 2. The second-order valence-corrected chi connectivity index (χ2v) is 9.36. The number of aromatic amines is 1. The molecule has 5 rings (SSSR count). The number of carbonyl (C=O) groups excluding carboxylic acids is 1. The summed E-state index contributed by atoms with van der Waals surface area (Å²) >= 11 is 0. The van der Waals surface area contributed by atoms with Crippen molar-refractivity contribution in [3.63, 3.8) is 0 Å². The molecule has 0 spiro atoms. The molecule has 172 valence electrons. The lowest BCUT2D eigenvalue weighted by atomic mass is 9.92. The average molecular weight is 453 g/mol. The third kappa shape index (κ3) is 3.65. The van der Waals surface area contributed by atoms with E-state index in [4.69, 9.17) is 0 Å². The van der Waals surface area contributed by atoms with Crippen LogP contribution < -0.4 is 0 Å². The molecule has 1 atom stereocenters. The van der Waals surface area contributed by atoms with Crippen LogP contribution in [-0.4, -0.2) is 31.1 Å². The highest BCUT2D eigenvalue weighted by molar-refractivity contribution is 6.00. The lowest BCUT2D eigenvalue weighted by molar-refractivity contribution is 0.0730. The number of rotatable bonds is 5. The van der Waals surface area contributed by atoms with Crippen LogP contribution in [0.25, 0.3) is 11.3 Å². The van der Waals surface area contributed by atoms with E-state index in [1.54, 1.807) is 12.4 Å². The minimum absolute atomic E-state index is 0.112. The number of nitrogens with zero attached hydrogens (tertiary/aromatic N) is 3. The predicted molar refractivity (Wildman–Crippen MR) is 132 cm³/mol. The number of phenolic OH excluding ortho intramolecular Hbond substituents is 1. The van der Waals surface area contributed by atoms with Crippen LogP contribution >= 0.6 is 0 Å². The summed E-state index contributed by atoms with van der Waals surface area (Å²) in [5.41, 5.74) is 7.51. The number of amides is 1. The van der Waals surface area contributed by atoms with Gasteiger partial charge in [-0.1, -0.05) is 50.2 Å². The van der Waals surface area contributed by atoms with Crippen molar-refractivity contribution in [1.82, 2.24) is 20.1 Å². The van der Waals surface area contributed by atoms with Gasteiger partial charge in [0.15, 0.2) is 0 Å². The Bertz CT molecular complexity index is 1360. The highest BCUT2D eigenvalue weighted by Gasteiger charge is 2.42. The minimum atomic E-state index is -0.335. The lowest BCUT2D eigenvalue weighted by Gasteiger charge is -2.27. The van der Waals surface area contributed by atoms with Crippen LogP contribution in [0.4, 0.5) is 0 Å². The standard InChI is InChI=1S/C28H28N4O2/c1-16(2)20-7-9-21(10-8-20)26-23-24(22-13-17(3)12-18(4)27(22)33)30-31-25(23)28(34)32(26)15-19-6-5-11-29-14-19/h5-14,16,26,33H,15H2,1-4H3,(H,30,31)/t26-/m0/s1. The Balaban J connectivity index is 1.68. The van der Waals surface area contributed by atoms with Gasteiger partial charge in [0.25, 0.3) is 5.91 Å². The van der Waals surface area contributed by atoms with Gasteiger partial charge in [0.05, 0.1) is 6.04 Å². The topological polar surface area (TPSA) is 82.1 Å². The van der Waals surface area contributed by atoms with E-state index in [2.05, 4.69) is 53.3 Å². The smallest absolute Gasteiger partial charge is 0.273 e. The molecule has 0 fully saturated rings. The van der Waals surface area contributed by atoms with Crippen molar-refractivity contribution in [2.45, 2.75) is 46.2 Å². The lowest BCUT2D eigenvalue weighted by Crippen LogP contribution is -2.29. The van der Waals surface area contributed by atoms with Crippen LogP contribution in [-0.2, 0) is 6.54 Å². The summed E-state index contributed by atoms with van der Waals surface area (Å²) in [5, 5.41) is 18.4. The van der Waals surface area contributed by atoms with Gasteiger partial charge in [-0.2, -0.15) is 5.10 Å². The molecule has 0 saturated heterocycles. The van der Waals surface area contributed by atoms with Crippen LogP contribution in [0.15, 0.2) is 60.9 Å². The van der Waals surface area contributed by atoms with Crippen molar-refractivity contribution in [3.05, 3.63) is 100.0 Å². The molecule has 1 amide bonds. The van der Waals surface area contributed by atoms with Gasteiger partial charge < -0.3 is 10.0 Å². The first-order valence-corrected chi connectivity index (χ1v) is 11.5. The zero-order chi connectivity index (χ0) is 24.0. The number of H-pyrrole nitrogens is 1. The second kappa shape index (κ2) is 8.45.